The van der Waals surface area contributed by atoms with Crippen LogP contribution in [-0.2, 0) is 16.4 Å². The molecule has 8 aliphatic rings. The van der Waals surface area contributed by atoms with Crippen LogP contribution in [0.1, 0.15) is 141 Å². The van der Waals surface area contributed by atoms with E-state index in [1.54, 1.807) is 5.30 Å². The van der Waals surface area contributed by atoms with Crippen molar-refractivity contribution in [3.8, 4) is 0 Å². The Balaban J connectivity index is 1.29. The highest BCUT2D eigenvalue weighted by atomic mass is 32.2. The second kappa shape index (κ2) is 11.0. The Morgan fingerprint density at radius 3 is 1.49 bits per heavy atom. The summed E-state index contributed by atoms with van der Waals surface area (Å²) < 4.78 is 17.4. The predicted octanol–water partition coefficient (Wildman–Crippen LogP) is 10.2. The molecule has 2 aromatic rings. The molecule has 10 rings (SSSR count). The molecule has 1 unspecified atom stereocenters. The average Bonchev–Trinajstić information content (AvgIpc) is 2.94. The van der Waals surface area contributed by atoms with Gasteiger partial charge in [-0.15, -0.1) is 0 Å². The van der Waals surface area contributed by atoms with Crippen molar-refractivity contribution < 1.29 is 4.21 Å². The van der Waals surface area contributed by atoms with Gasteiger partial charge in [-0.2, -0.15) is 0 Å². The van der Waals surface area contributed by atoms with Crippen molar-refractivity contribution in [3.63, 3.8) is 0 Å². The second-order valence-corrected chi connectivity index (χ2v) is 24.0. The quantitative estimate of drug-likeness (QED) is 0.299. The highest BCUT2D eigenvalue weighted by Crippen LogP contribution is 2.78. The van der Waals surface area contributed by atoms with Crippen molar-refractivity contribution >= 4 is 24.2 Å². The first-order chi connectivity index (χ1) is 21.3. The van der Waals surface area contributed by atoms with Crippen molar-refractivity contribution in [2.45, 2.75) is 145 Å². The fourth-order valence-electron chi connectivity index (χ4n) is 12.4. The zero-order valence-electron chi connectivity index (χ0n) is 28.9. The topological polar surface area (TPSA) is 29.1 Å². The molecule has 8 saturated carbocycles. The Bertz CT molecular complexity index is 1330. The SMILES string of the molecule is CC(C)(C)c1ccc([C@@H](NS(=O)C(C)(C)C)c2ccccc2P(C23CC4CC(CC(C4)C2)C3)C23CC4CC(CC(C4)C2)C3)cc1. The first-order valence-electron chi connectivity index (χ1n) is 18.5. The van der Waals surface area contributed by atoms with Gasteiger partial charge in [-0.05, 0) is 171 Å². The number of nitrogens with one attached hydrogen (secondary N) is 1. The molecule has 8 bridgehead atoms. The molecule has 1 N–H and O–H groups in total. The van der Waals surface area contributed by atoms with Gasteiger partial charge >= 0.3 is 0 Å². The van der Waals surface area contributed by atoms with Gasteiger partial charge in [0.15, 0.2) is 0 Å². The summed E-state index contributed by atoms with van der Waals surface area (Å²) in [7, 11) is -1.54. The fraction of sp³-hybridized carbons (Fsp3) is 0.707. The average molecular weight is 644 g/mol. The van der Waals surface area contributed by atoms with Gasteiger partial charge in [-0.3, -0.25) is 0 Å². The van der Waals surface area contributed by atoms with E-state index in [1.807, 2.05) is 0 Å². The summed E-state index contributed by atoms with van der Waals surface area (Å²) in [5.41, 5.74) is 4.17. The Kier molecular flexibility index (Phi) is 7.64. The minimum atomic E-state index is -1.18. The van der Waals surface area contributed by atoms with E-state index in [0.717, 1.165) is 35.5 Å². The van der Waals surface area contributed by atoms with Crippen LogP contribution in [0, 0.1) is 35.5 Å². The molecule has 0 radical (unpaired) electrons. The van der Waals surface area contributed by atoms with Crippen LogP contribution in [0.2, 0.25) is 0 Å². The summed E-state index contributed by atoms with van der Waals surface area (Å²) >= 11 is 0. The minimum absolute atomic E-state index is 0.0666. The van der Waals surface area contributed by atoms with E-state index in [2.05, 4.69) is 94.8 Å². The largest absolute Gasteiger partial charge is 0.242 e. The minimum Gasteiger partial charge on any atom is -0.242 e. The first-order valence-corrected chi connectivity index (χ1v) is 21.0. The summed E-state index contributed by atoms with van der Waals surface area (Å²) in [6.45, 7) is 13.2. The molecule has 4 heteroatoms. The lowest BCUT2D eigenvalue weighted by Crippen LogP contribution is -2.58. The van der Waals surface area contributed by atoms with Crippen LogP contribution in [0.15, 0.2) is 48.5 Å². The molecule has 45 heavy (non-hydrogen) atoms. The number of hydrogen-bond acceptors (Lipinski definition) is 1. The molecular weight excluding hydrogens is 585 g/mol. The van der Waals surface area contributed by atoms with Crippen molar-refractivity contribution in [3.05, 3.63) is 65.2 Å². The van der Waals surface area contributed by atoms with Crippen LogP contribution in [0.5, 0.6) is 0 Å². The maximum Gasteiger partial charge on any atom is 0.0979 e. The molecule has 0 heterocycles. The monoisotopic (exact) mass is 643 g/mol. The number of hydrogen-bond donors (Lipinski definition) is 1. The first kappa shape index (κ1) is 31.3. The van der Waals surface area contributed by atoms with E-state index in [-0.39, 0.29) is 24.1 Å². The molecule has 0 aromatic heterocycles. The molecule has 2 nitrogen and oxygen atoms in total. The van der Waals surface area contributed by atoms with E-state index in [4.69, 9.17) is 0 Å². The zero-order valence-corrected chi connectivity index (χ0v) is 30.6. The summed E-state index contributed by atoms with van der Waals surface area (Å²) in [5.74, 6) is 5.80. The van der Waals surface area contributed by atoms with Gasteiger partial charge in [0, 0.05) is 0 Å². The fourth-order valence-corrected chi connectivity index (χ4v) is 18.6. The molecular formula is C41H58NOPS. The van der Waals surface area contributed by atoms with E-state index in [0.29, 0.717) is 10.3 Å². The van der Waals surface area contributed by atoms with Gasteiger partial charge in [0.1, 0.15) is 0 Å². The van der Waals surface area contributed by atoms with Gasteiger partial charge in [0.25, 0.3) is 0 Å². The number of benzene rings is 2. The summed E-state index contributed by atoms with van der Waals surface area (Å²) in [5, 5.41) is 2.71. The molecule has 0 spiro atoms. The van der Waals surface area contributed by atoms with Crippen LogP contribution in [0.3, 0.4) is 0 Å². The third-order valence-electron chi connectivity index (χ3n) is 13.3. The van der Waals surface area contributed by atoms with Crippen molar-refractivity contribution in [1.82, 2.24) is 4.72 Å². The Hall–Kier alpha value is -1.02. The van der Waals surface area contributed by atoms with Crippen molar-refractivity contribution in [2.24, 2.45) is 35.5 Å². The van der Waals surface area contributed by atoms with Gasteiger partial charge in [-0.25, -0.2) is 8.93 Å². The molecule has 0 amide bonds. The zero-order chi connectivity index (χ0) is 31.4. The van der Waals surface area contributed by atoms with Crippen LogP contribution in [0.25, 0.3) is 0 Å². The van der Waals surface area contributed by atoms with E-state index < -0.39 is 11.0 Å². The molecule has 8 fully saturated rings. The highest BCUT2D eigenvalue weighted by Gasteiger charge is 2.63. The van der Waals surface area contributed by atoms with Crippen LogP contribution in [0.4, 0.5) is 0 Å². The molecule has 8 aliphatic carbocycles. The van der Waals surface area contributed by atoms with Crippen LogP contribution in [-0.4, -0.2) is 19.3 Å². The number of rotatable bonds is 7. The van der Waals surface area contributed by atoms with E-state index >= 15 is 0 Å². The molecule has 0 saturated heterocycles. The van der Waals surface area contributed by atoms with Crippen LogP contribution >= 0.6 is 7.92 Å². The summed E-state index contributed by atoms with van der Waals surface area (Å²) in [4.78, 5) is 0. The van der Waals surface area contributed by atoms with Gasteiger partial charge in [0.05, 0.1) is 21.8 Å². The van der Waals surface area contributed by atoms with E-state index in [1.165, 1.54) is 93.7 Å². The van der Waals surface area contributed by atoms with Gasteiger partial charge in [-0.1, -0.05) is 77.2 Å². The van der Waals surface area contributed by atoms with Gasteiger partial charge in [0.2, 0.25) is 0 Å². The van der Waals surface area contributed by atoms with Gasteiger partial charge < -0.3 is 0 Å². The van der Waals surface area contributed by atoms with Crippen LogP contribution < -0.4 is 10.0 Å². The smallest absolute Gasteiger partial charge is 0.0979 e. The normalized spacial score (nSPS) is 38.8. The molecule has 0 aliphatic heterocycles. The third-order valence-corrected chi connectivity index (χ3v) is 18.8. The van der Waals surface area contributed by atoms with E-state index in [9.17, 15) is 4.21 Å². The second-order valence-electron chi connectivity index (χ2n) is 19.0. The lowest BCUT2D eigenvalue weighted by Gasteiger charge is -2.67. The highest BCUT2D eigenvalue weighted by molar-refractivity contribution is 7.84. The lowest BCUT2D eigenvalue weighted by atomic mass is 9.55. The standard InChI is InChI=1S/C41H58NOPS/c1-38(2,3)34-13-11-33(12-14-34)37(42-45(43)39(4,5)6)35-9-7-8-10-36(35)44(40-21-27-15-28(22-40)17-29(16-27)23-40)41-24-30-18-31(25-41)20-32(19-30)26-41/h7-14,27-32,37,42H,15-26H2,1-6H3/t27?,28?,29?,30?,31?,32?,37-,40?,41?,44?,45?/m1/s1. The lowest BCUT2D eigenvalue weighted by molar-refractivity contribution is 0.0195. The Morgan fingerprint density at radius 1 is 0.667 bits per heavy atom. The molecule has 244 valence electrons. The summed E-state index contributed by atoms with van der Waals surface area (Å²) in [6.07, 6.45) is 18.0. The maximum atomic E-state index is 14.0. The van der Waals surface area contributed by atoms with Crippen molar-refractivity contribution in [2.75, 3.05) is 0 Å². The molecule has 2 aromatic carbocycles. The molecule has 2 atom stereocenters. The Morgan fingerprint density at radius 2 is 1.09 bits per heavy atom. The Labute approximate surface area is 278 Å². The maximum absolute atomic E-state index is 14.0. The van der Waals surface area contributed by atoms with Crippen molar-refractivity contribution in [1.29, 1.82) is 0 Å². The third kappa shape index (κ3) is 5.56. The predicted molar refractivity (Wildman–Crippen MR) is 193 cm³/mol. The summed E-state index contributed by atoms with van der Waals surface area (Å²) in [6, 6.07) is 19.0.